The fourth-order valence-electron chi connectivity index (χ4n) is 4.00. The van der Waals surface area contributed by atoms with Gasteiger partial charge in [0.1, 0.15) is 16.8 Å². The van der Waals surface area contributed by atoms with Crippen molar-refractivity contribution in [3.05, 3.63) is 72.4 Å². The first-order valence-electron chi connectivity index (χ1n) is 14.8. The summed E-state index contributed by atoms with van der Waals surface area (Å²) in [6.07, 6.45) is -1.29. The van der Waals surface area contributed by atoms with E-state index in [1.807, 2.05) is 30.3 Å². The molecule has 3 aromatic rings. The van der Waals surface area contributed by atoms with Crippen molar-refractivity contribution in [1.82, 2.24) is 9.97 Å². The number of ether oxygens (including phenoxy) is 3. The van der Waals surface area contributed by atoms with Crippen molar-refractivity contribution < 1.29 is 33.4 Å². The Bertz CT molecular complexity index is 1510. The van der Waals surface area contributed by atoms with Gasteiger partial charge in [-0.1, -0.05) is 42.5 Å². The van der Waals surface area contributed by atoms with Gasteiger partial charge in [0, 0.05) is 11.8 Å². The molecule has 0 aliphatic heterocycles. The number of amides is 4. The van der Waals surface area contributed by atoms with Gasteiger partial charge in [-0.3, -0.25) is 4.79 Å². The molecule has 2 N–H and O–H groups in total. The molecular formula is C34H43N5O7. The SMILES string of the molecule is CC(C)(C)OC(=O)N(C(=O)[C@H](N)Cc1ccccc1)c1ccc(-c2ccnc(N(C(=O)OC(C)(C)C)C(=O)OC(C)(C)C)n2)cc1. The van der Waals surface area contributed by atoms with E-state index < -0.39 is 47.0 Å². The Balaban J connectivity index is 1.97. The fraction of sp³-hybridized carbons (Fsp3) is 0.412. The predicted octanol–water partition coefficient (Wildman–Crippen LogP) is 6.66. The summed E-state index contributed by atoms with van der Waals surface area (Å²) >= 11 is 0. The van der Waals surface area contributed by atoms with E-state index in [2.05, 4.69) is 9.97 Å². The number of hydrogen-bond acceptors (Lipinski definition) is 10. The van der Waals surface area contributed by atoms with Crippen molar-refractivity contribution in [2.24, 2.45) is 5.73 Å². The lowest BCUT2D eigenvalue weighted by Gasteiger charge is -2.28. The van der Waals surface area contributed by atoms with Crippen LogP contribution in [-0.2, 0) is 25.4 Å². The number of carbonyl (C=O) groups excluding carboxylic acids is 4. The molecule has 0 aliphatic carbocycles. The van der Waals surface area contributed by atoms with Crippen LogP contribution >= 0.6 is 0 Å². The van der Waals surface area contributed by atoms with Crippen LogP contribution in [0.5, 0.6) is 0 Å². The highest BCUT2D eigenvalue weighted by atomic mass is 16.6. The topological polar surface area (TPSA) is 154 Å². The van der Waals surface area contributed by atoms with Crippen molar-refractivity contribution in [2.75, 3.05) is 9.80 Å². The minimum absolute atomic E-state index is 0.215. The molecule has 0 unspecified atom stereocenters. The molecule has 12 nitrogen and oxygen atoms in total. The molecule has 0 fully saturated rings. The standard InChI is InChI=1S/C34H43N5O7/c1-32(2,3)44-29(41)38(27(40)25(35)21-22-13-11-10-12-14-22)24-17-15-23(16-18-24)26-19-20-36-28(37-26)39(30(42)45-33(4,5)6)31(43)46-34(7,8)9/h10-20,25H,21,35H2,1-9H3/t25-/m1/s1. The van der Waals surface area contributed by atoms with Gasteiger partial charge in [0.05, 0.1) is 17.4 Å². The summed E-state index contributed by atoms with van der Waals surface area (Å²) in [6.45, 7) is 15.1. The summed E-state index contributed by atoms with van der Waals surface area (Å²) in [7, 11) is 0. The zero-order valence-corrected chi connectivity index (χ0v) is 27.9. The highest BCUT2D eigenvalue weighted by molar-refractivity contribution is 6.14. The Morgan fingerprint density at radius 1 is 0.696 bits per heavy atom. The number of carbonyl (C=O) groups is 4. The van der Waals surface area contributed by atoms with E-state index in [0.29, 0.717) is 16.2 Å². The van der Waals surface area contributed by atoms with Crippen LogP contribution in [0, 0.1) is 0 Å². The Morgan fingerprint density at radius 2 is 1.17 bits per heavy atom. The van der Waals surface area contributed by atoms with Gasteiger partial charge in [-0.15, -0.1) is 4.90 Å². The highest BCUT2D eigenvalue weighted by Gasteiger charge is 2.35. The summed E-state index contributed by atoms with van der Waals surface area (Å²) in [4.78, 5) is 63.1. The van der Waals surface area contributed by atoms with E-state index in [-0.39, 0.29) is 18.1 Å². The monoisotopic (exact) mass is 633 g/mol. The molecule has 2 aromatic carbocycles. The highest BCUT2D eigenvalue weighted by Crippen LogP contribution is 2.26. The smallest absolute Gasteiger partial charge is 0.427 e. The Hall–Kier alpha value is -4.84. The number of aromatic nitrogens is 2. The van der Waals surface area contributed by atoms with Gasteiger partial charge in [-0.2, -0.15) is 0 Å². The second-order valence-electron chi connectivity index (χ2n) is 13.5. The van der Waals surface area contributed by atoms with E-state index in [1.165, 1.54) is 6.20 Å². The maximum atomic E-state index is 13.6. The zero-order valence-electron chi connectivity index (χ0n) is 27.9. The van der Waals surface area contributed by atoms with Gasteiger partial charge in [0.25, 0.3) is 5.91 Å². The van der Waals surface area contributed by atoms with Gasteiger partial charge in [-0.05, 0) is 92.5 Å². The quantitative estimate of drug-likeness (QED) is 0.291. The summed E-state index contributed by atoms with van der Waals surface area (Å²) in [5, 5.41) is 0. The normalized spacial score (nSPS) is 12.5. The van der Waals surface area contributed by atoms with Crippen molar-refractivity contribution >= 4 is 35.8 Å². The third-order valence-electron chi connectivity index (χ3n) is 5.83. The van der Waals surface area contributed by atoms with Gasteiger partial charge in [0.2, 0.25) is 5.95 Å². The van der Waals surface area contributed by atoms with Crippen LogP contribution in [0.2, 0.25) is 0 Å². The van der Waals surface area contributed by atoms with Gasteiger partial charge >= 0.3 is 18.3 Å². The third-order valence-corrected chi connectivity index (χ3v) is 5.83. The van der Waals surface area contributed by atoms with Crippen molar-refractivity contribution in [3.8, 4) is 11.3 Å². The van der Waals surface area contributed by atoms with Crippen molar-refractivity contribution in [3.63, 3.8) is 0 Å². The van der Waals surface area contributed by atoms with Gasteiger partial charge in [-0.25, -0.2) is 29.3 Å². The van der Waals surface area contributed by atoms with Crippen molar-refractivity contribution in [2.45, 2.75) is 91.6 Å². The zero-order chi connectivity index (χ0) is 34.4. The summed E-state index contributed by atoms with van der Waals surface area (Å²) in [6, 6.07) is 16.1. The minimum Gasteiger partial charge on any atom is -0.443 e. The Labute approximate surface area is 269 Å². The molecule has 46 heavy (non-hydrogen) atoms. The average Bonchev–Trinajstić information content (AvgIpc) is 2.91. The lowest BCUT2D eigenvalue weighted by Crippen LogP contribution is -2.49. The predicted molar refractivity (Wildman–Crippen MR) is 174 cm³/mol. The molecule has 1 heterocycles. The van der Waals surface area contributed by atoms with Gasteiger partial charge in [0.15, 0.2) is 0 Å². The molecular weight excluding hydrogens is 590 g/mol. The molecule has 0 radical (unpaired) electrons. The third kappa shape index (κ3) is 10.4. The number of nitrogens with zero attached hydrogens (tertiary/aromatic N) is 4. The van der Waals surface area contributed by atoms with E-state index in [1.54, 1.807) is 92.6 Å². The van der Waals surface area contributed by atoms with Crippen LogP contribution in [0.1, 0.15) is 67.9 Å². The molecule has 0 aliphatic rings. The molecule has 0 spiro atoms. The van der Waals surface area contributed by atoms with Crippen molar-refractivity contribution in [1.29, 1.82) is 0 Å². The molecule has 1 aromatic heterocycles. The molecule has 1 atom stereocenters. The minimum atomic E-state index is -1.02. The largest absolute Gasteiger partial charge is 0.443 e. The first kappa shape index (κ1) is 35.6. The molecule has 0 bridgehead atoms. The lowest BCUT2D eigenvalue weighted by molar-refractivity contribution is -0.119. The number of hydrogen-bond donors (Lipinski definition) is 1. The summed E-state index contributed by atoms with van der Waals surface area (Å²) in [5.74, 6) is -0.900. The summed E-state index contributed by atoms with van der Waals surface area (Å²) in [5.41, 5.74) is 5.53. The molecule has 246 valence electrons. The summed E-state index contributed by atoms with van der Waals surface area (Å²) < 4.78 is 16.4. The maximum absolute atomic E-state index is 13.6. The van der Waals surface area contributed by atoms with Crippen LogP contribution in [-0.4, -0.2) is 57.0 Å². The average molecular weight is 634 g/mol. The van der Waals surface area contributed by atoms with E-state index in [9.17, 15) is 19.2 Å². The van der Waals surface area contributed by atoms with E-state index in [4.69, 9.17) is 19.9 Å². The number of rotatable bonds is 6. The second-order valence-corrected chi connectivity index (χ2v) is 13.5. The van der Waals surface area contributed by atoms with Gasteiger partial charge < -0.3 is 19.9 Å². The van der Waals surface area contributed by atoms with Crippen LogP contribution in [0.25, 0.3) is 11.3 Å². The van der Waals surface area contributed by atoms with Crippen LogP contribution < -0.4 is 15.5 Å². The number of imide groups is 2. The first-order chi connectivity index (χ1) is 21.2. The van der Waals surface area contributed by atoms with E-state index >= 15 is 0 Å². The lowest BCUT2D eigenvalue weighted by atomic mass is 10.1. The van der Waals surface area contributed by atoms with Crippen LogP contribution in [0.4, 0.5) is 26.0 Å². The number of benzene rings is 2. The molecule has 3 rings (SSSR count). The second kappa shape index (κ2) is 14.1. The van der Waals surface area contributed by atoms with E-state index in [0.717, 1.165) is 10.5 Å². The number of anilines is 2. The fourth-order valence-corrected chi connectivity index (χ4v) is 4.00. The molecule has 0 saturated heterocycles. The molecule has 12 heteroatoms. The maximum Gasteiger partial charge on any atom is 0.427 e. The molecule has 0 saturated carbocycles. The first-order valence-corrected chi connectivity index (χ1v) is 14.8. The van der Waals surface area contributed by atoms with Crippen LogP contribution in [0.15, 0.2) is 66.9 Å². The Morgan fingerprint density at radius 3 is 1.65 bits per heavy atom. The Kier molecular flexibility index (Phi) is 10.9. The molecule has 4 amide bonds. The van der Waals surface area contributed by atoms with Crippen LogP contribution in [0.3, 0.4) is 0 Å². The number of nitrogens with two attached hydrogens (primary N) is 1.